The van der Waals surface area contributed by atoms with Crippen molar-refractivity contribution in [3.05, 3.63) is 53.6 Å². The van der Waals surface area contributed by atoms with Gasteiger partial charge in [-0.1, -0.05) is 13.0 Å². The van der Waals surface area contributed by atoms with Crippen LogP contribution in [0.3, 0.4) is 0 Å². The van der Waals surface area contributed by atoms with E-state index in [-0.39, 0.29) is 37.2 Å². The zero-order chi connectivity index (χ0) is 27.8. The number of furan rings is 1. The van der Waals surface area contributed by atoms with Crippen LogP contribution in [0.1, 0.15) is 67.1 Å². The molecule has 1 aromatic carbocycles. The summed E-state index contributed by atoms with van der Waals surface area (Å²) in [6.07, 6.45) is 5.14. The van der Waals surface area contributed by atoms with Crippen molar-refractivity contribution in [3.63, 3.8) is 0 Å². The predicted octanol–water partition coefficient (Wildman–Crippen LogP) is 3.16. The standard InChI is InChI=1S/C29H37N3O7/c1-18-15-32(12-5-21(18)33)13-11-28(37)7-9-29(10-8-28,27(30)36)24-23-20(31-25(24)26(34)35)3-2-4-22(23)39-17-19-6-14-38-16-19/h2-4,6,14,16,18,21,31,33,37H,5,7-13,15,17H2,1H3,(H2,30,36)(H,34,35)/t18-,21-,28?,29?/m0/s1. The number of aromatic carboxylic acids is 1. The molecule has 3 heterocycles. The number of hydrogen-bond donors (Lipinski definition) is 5. The van der Waals surface area contributed by atoms with E-state index in [4.69, 9.17) is 14.9 Å². The largest absolute Gasteiger partial charge is 0.488 e. The molecular formula is C29H37N3O7. The number of aromatic amines is 1. The van der Waals surface area contributed by atoms with Gasteiger partial charge in [0.2, 0.25) is 5.91 Å². The smallest absolute Gasteiger partial charge is 0.352 e. The number of carboxylic acid groups (broad SMARTS) is 1. The molecule has 0 bridgehead atoms. The van der Waals surface area contributed by atoms with Gasteiger partial charge in [0.15, 0.2) is 0 Å². The Balaban J connectivity index is 1.43. The van der Waals surface area contributed by atoms with Gasteiger partial charge in [0.25, 0.3) is 0 Å². The van der Waals surface area contributed by atoms with E-state index in [0.717, 1.165) is 18.7 Å². The van der Waals surface area contributed by atoms with E-state index in [1.54, 1.807) is 36.8 Å². The lowest BCUT2D eigenvalue weighted by Gasteiger charge is -2.44. The van der Waals surface area contributed by atoms with Gasteiger partial charge in [-0.05, 0) is 62.6 Å². The number of aliphatic hydroxyl groups excluding tert-OH is 1. The van der Waals surface area contributed by atoms with Crippen LogP contribution in [0.15, 0.2) is 41.2 Å². The molecule has 2 aromatic heterocycles. The molecule has 2 atom stereocenters. The second-order valence-corrected chi connectivity index (χ2v) is 11.3. The number of H-pyrrole nitrogens is 1. The number of amides is 1. The lowest BCUT2D eigenvalue weighted by atomic mass is 9.63. The van der Waals surface area contributed by atoms with Crippen molar-refractivity contribution < 1.29 is 34.1 Å². The lowest BCUT2D eigenvalue weighted by Crippen LogP contribution is -2.50. The van der Waals surface area contributed by atoms with Crippen LogP contribution in [0, 0.1) is 5.92 Å². The first-order valence-electron chi connectivity index (χ1n) is 13.6. The van der Waals surface area contributed by atoms with Gasteiger partial charge in [0, 0.05) is 36.1 Å². The highest BCUT2D eigenvalue weighted by Crippen LogP contribution is 2.49. The molecular weight excluding hydrogens is 502 g/mol. The molecule has 6 N–H and O–H groups in total. The maximum Gasteiger partial charge on any atom is 0.352 e. The summed E-state index contributed by atoms with van der Waals surface area (Å²) in [7, 11) is 0. The average molecular weight is 540 g/mol. The number of benzene rings is 1. The van der Waals surface area contributed by atoms with E-state index in [9.17, 15) is 24.9 Å². The number of carbonyl (C=O) groups is 2. The van der Waals surface area contributed by atoms with Crippen LogP contribution >= 0.6 is 0 Å². The number of nitrogens with zero attached hydrogens (tertiary/aromatic N) is 1. The number of hydrogen-bond acceptors (Lipinski definition) is 7. The Kier molecular flexibility index (Phi) is 7.45. The van der Waals surface area contributed by atoms with Crippen LogP contribution in [0.2, 0.25) is 0 Å². The Morgan fingerprint density at radius 3 is 2.64 bits per heavy atom. The van der Waals surface area contributed by atoms with E-state index in [0.29, 0.717) is 54.4 Å². The Labute approximate surface area is 226 Å². The Hall–Kier alpha value is -3.34. The highest BCUT2D eigenvalue weighted by molar-refractivity contribution is 6.05. The summed E-state index contributed by atoms with van der Waals surface area (Å²) in [5.41, 5.74) is 5.36. The lowest BCUT2D eigenvalue weighted by molar-refractivity contribution is -0.127. The average Bonchev–Trinajstić information content (AvgIpc) is 3.57. The van der Waals surface area contributed by atoms with Crippen LogP contribution in [-0.2, 0) is 16.8 Å². The van der Waals surface area contributed by atoms with Crippen molar-refractivity contribution in [2.24, 2.45) is 11.7 Å². The van der Waals surface area contributed by atoms with Gasteiger partial charge in [-0.15, -0.1) is 0 Å². The number of carboxylic acids is 1. The maximum atomic E-state index is 13.2. The monoisotopic (exact) mass is 539 g/mol. The van der Waals surface area contributed by atoms with E-state index < -0.39 is 22.9 Å². The molecule has 2 aliphatic rings. The number of carbonyl (C=O) groups excluding carboxylic acids is 1. The SMILES string of the molecule is C[C@H]1CN(CCC2(O)CCC(C(N)=O)(c3c(C(=O)O)[nH]c4cccc(OCc5ccoc5)c34)CC2)CC[C@@H]1O. The minimum absolute atomic E-state index is 0.0885. The minimum Gasteiger partial charge on any atom is -0.488 e. The molecule has 3 aromatic rings. The summed E-state index contributed by atoms with van der Waals surface area (Å²) in [5.74, 6) is -1.18. The number of aliphatic hydroxyl groups is 2. The number of aromatic nitrogens is 1. The summed E-state index contributed by atoms with van der Waals surface area (Å²) in [5, 5.41) is 32.1. The summed E-state index contributed by atoms with van der Waals surface area (Å²) in [6, 6.07) is 7.03. The Morgan fingerprint density at radius 2 is 2.00 bits per heavy atom. The van der Waals surface area contributed by atoms with Crippen LogP contribution in [0.25, 0.3) is 10.9 Å². The number of piperidine rings is 1. The number of nitrogens with two attached hydrogens (primary N) is 1. The molecule has 210 valence electrons. The normalized spacial score (nSPS) is 28.0. The molecule has 5 rings (SSSR count). The predicted molar refractivity (Wildman–Crippen MR) is 143 cm³/mol. The molecule has 10 nitrogen and oxygen atoms in total. The number of primary amides is 1. The Morgan fingerprint density at radius 1 is 1.23 bits per heavy atom. The summed E-state index contributed by atoms with van der Waals surface area (Å²) >= 11 is 0. The van der Waals surface area contributed by atoms with Gasteiger partial charge in [0.1, 0.15) is 18.1 Å². The van der Waals surface area contributed by atoms with E-state index >= 15 is 0 Å². The topological polar surface area (TPSA) is 162 Å². The number of fused-ring (bicyclic) bond motifs is 1. The van der Waals surface area contributed by atoms with Crippen molar-refractivity contribution in [2.75, 3.05) is 19.6 Å². The number of rotatable bonds is 9. The van der Waals surface area contributed by atoms with Gasteiger partial charge >= 0.3 is 5.97 Å². The molecule has 10 heteroatoms. The highest BCUT2D eigenvalue weighted by Gasteiger charge is 2.50. The molecule has 1 saturated heterocycles. The second kappa shape index (κ2) is 10.7. The molecule has 0 unspecified atom stereocenters. The summed E-state index contributed by atoms with van der Waals surface area (Å²) in [6.45, 7) is 4.49. The first-order chi connectivity index (χ1) is 18.6. The first kappa shape index (κ1) is 27.2. The zero-order valence-electron chi connectivity index (χ0n) is 22.2. The third-order valence-corrected chi connectivity index (χ3v) is 8.80. The second-order valence-electron chi connectivity index (χ2n) is 11.3. The first-order valence-corrected chi connectivity index (χ1v) is 13.6. The van der Waals surface area contributed by atoms with Crippen LogP contribution < -0.4 is 10.5 Å². The third-order valence-electron chi connectivity index (χ3n) is 8.80. The van der Waals surface area contributed by atoms with Gasteiger partial charge < -0.3 is 40.1 Å². The molecule has 39 heavy (non-hydrogen) atoms. The van der Waals surface area contributed by atoms with Crippen LogP contribution in [0.5, 0.6) is 5.75 Å². The molecule has 1 aliphatic carbocycles. The van der Waals surface area contributed by atoms with Gasteiger partial charge in [-0.25, -0.2) is 4.79 Å². The third kappa shape index (κ3) is 5.28. The van der Waals surface area contributed by atoms with Gasteiger partial charge in [-0.3, -0.25) is 4.79 Å². The van der Waals surface area contributed by atoms with Crippen molar-refractivity contribution in [1.29, 1.82) is 0 Å². The number of ether oxygens (including phenoxy) is 1. The Bertz CT molecular complexity index is 1320. The van der Waals surface area contributed by atoms with E-state index in [1.165, 1.54) is 0 Å². The molecule has 1 aliphatic heterocycles. The van der Waals surface area contributed by atoms with E-state index in [1.807, 2.05) is 6.92 Å². The number of nitrogens with one attached hydrogen (secondary N) is 1. The zero-order valence-corrected chi connectivity index (χ0v) is 22.2. The fraction of sp³-hybridized carbons (Fsp3) is 0.517. The van der Waals surface area contributed by atoms with Crippen LogP contribution in [-0.4, -0.2) is 68.4 Å². The minimum atomic E-state index is -1.28. The number of likely N-dealkylation sites (tertiary alicyclic amines) is 1. The van der Waals surface area contributed by atoms with Gasteiger partial charge in [0.05, 0.1) is 35.2 Å². The maximum absolute atomic E-state index is 13.2. The fourth-order valence-corrected chi connectivity index (χ4v) is 6.31. The van der Waals surface area contributed by atoms with Crippen molar-refractivity contribution in [1.82, 2.24) is 9.88 Å². The molecule has 1 amide bonds. The summed E-state index contributed by atoms with van der Waals surface area (Å²) in [4.78, 5) is 30.8. The van der Waals surface area contributed by atoms with Crippen LogP contribution in [0.4, 0.5) is 0 Å². The van der Waals surface area contributed by atoms with Crippen molar-refractivity contribution in [3.8, 4) is 5.75 Å². The molecule has 0 radical (unpaired) electrons. The van der Waals surface area contributed by atoms with Crippen molar-refractivity contribution >= 4 is 22.8 Å². The van der Waals surface area contributed by atoms with Gasteiger partial charge in [-0.2, -0.15) is 0 Å². The molecule has 0 spiro atoms. The fourth-order valence-electron chi connectivity index (χ4n) is 6.31. The molecule has 2 fully saturated rings. The molecule has 1 saturated carbocycles. The quantitative estimate of drug-likeness (QED) is 0.277. The van der Waals surface area contributed by atoms with E-state index in [2.05, 4.69) is 9.88 Å². The van der Waals surface area contributed by atoms with Crippen molar-refractivity contribution in [2.45, 2.75) is 69.2 Å². The highest BCUT2D eigenvalue weighted by atomic mass is 16.5. The summed E-state index contributed by atoms with van der Waals surface area (Å²) < 4.78 is 11.2.